The third-order valence-electron chi connectivity index (χ3n) is 3.62. The van der Waals surface area contributed by atoms with E-state index in [-0.39, 0.29) is 6.04 Å². The van der Waals surface area contributed by atoms with Crippen LogP contribution < -0.4 is 0 Å². The summed E-state index contributed by atoms with van der Waals surface area (Å²) in [5.41, 5.74) is 1.94. The molecule has 3 heterocycles. The zero-order valence-corrected chi connectivity index (χ0v) is 12.1. The van der Waals surface area contributed by atoms with Gasteiger partial charge in [-0.1, -0.05) is 12.5 Å². The molecule has 1 unspecified atom stereocenters. The van der Waals surface area contributed by atoms with Crippen LogP contribution in [0.4, 0.5) is 0 Å². The van der Waals surface area contributed by atoms with E-state index < -0.39 is 0 Å². The van der Waals surface area contributed by atoms with Gasteiger partial charge in [-0.15, -0.1) is 11.3 Å². The summed E-state index contributed by atoms with van der Waals surface area (Å²) in [5, 5.41) is 3.01. The Morgan fingerprint density at radius 2 is 2.35 bits per heavy atom. The van der Waals surface area contributed by atoms with Crippen LogP contribution in [-0.4, -0.2) is 33.7 Å². The number of thiazole rings is 1. The maximum Gasteiger partial charge on any atom is 0.142 e. The number of carbonyl (C=O) groups is 1. The minimum Gasteiger partial charge on any atom is -0.302 e. The number of pyridine rings is 1. The largest absolute Gasteiger partial charge is 0.302 e. The van der Waals surface area contributed by atoms with Crippen molar-refractivity contribution >= 4 is 17.6 Å². The molecule has 0 bridgehead atoms. The van der Waals surface area contributed by atoms with Crippen LogP contribution in [0.3, 0.4) is 0 Å². The number of hydrogen-bond acceptors (Lipinski definition) is 5. The van der Waals surface area contributed by atoms with E-state index in [9.17, 15) is 4.79 Å². The van der Waals surface area contributed by atoms with E-state index in [4.69, 9.17) is 0 Å². The van der Waals surface area contributed by atoms with Gasteiger partial charge in [-0.05, 0) is 31.5 Å². The van der Waals surface area contributed by atoms with Crippen molar-refractivity contribution in [2.24, 2.45) is 0 Å². The summed E-state index contributed by atoms with van der Waals surface area (Å²) < 4.78 is 0. The van der Waals surface area contributed by atoms with Gasteiger partial charge in [-0.2, -0.15) is 0 Å². The van der Waals surface area contributed by atoms with Crippen molar-refractivity contribution in [1.82, 2.24) is 14.9 Å². The highest BCUT2D eigenvalue weighted by Crippen LogP contribution is 2.24. The summed E-state index contributed by atoms with van der Waals surface area (Å²) >= 11 is 1.61. The van der Waals surface area contributed by atoms with Crippen LogP contribution in [-0.2, 0) is 11.3 Å². The number of hydrogen-bond donors (Lipinski definition) is 0. The highest BCUT2D eigenvalue weighted by Gasteiger charge is 2.22. The molecule has 2 aromatic rings. The van der Waals surface area contributed by atoms with E-state index in [1.807, 2.05) is 18.2 Å². The Hall–Kier alpha value is -1.59. The van der Waals surface area contributed by atoms with Gasteiger partial charge in [0.25, 0.3) is 0 Å². The van der Waals surface area contributed by atoms with Gasteiger partial charge < -0.3 is 4.79 Å². The monoisotopic (exact) mass is 287 g/mol. The van der Waals surface area contributed by atoms with Crippen LogP contribution in [0.2, 0.25) is 0 Å². The first-order chi connectivity index (χ1) is 9.86. The van der Waals surface area contributed by atoms with E-state index in [1.54, 1.807) is 17.5 Å². The van der Waals surface area contributed by atoms with Crippen LogP contribution in [0.15, 0.2) is 29.8 Å². The third kappa shape index (κ3) is 2.94. The Bertz CT molecular complexity index is 570. The molecule has 0 radical (unpaired) electrons. The maximum absolute atomic E-state index is 11.1. The minimum atomic E-state index is 0.0590. The number of aldehydes is 1. The topological polar surface area (TPSA) is 46.1 Å². The lowest BCUT2D eigenvalue weighted by molar-refractivity contribution is -0.113. The second kappa shape index (κ2) is 6.24. The van der Waals surface area contributed by atoms with Crippen molar-refractivity contribution in [2.45, 2.75) is 31.8 Å². The van der Waals surface area contributed by atoms with Gasteiger partial charge in [0.15, 0.2) is 0 Å². The Balaban J connectivity index is 1.72. The van der Waals surface area contributed by atoms with Crippen molar-refractivity contribution in [2.75, 3.05) is 6.54 Å². The van der Waals surface area contributed by atoms with Crippen LogP contribution in [0.5, 0.6) is 0 Å². The Kier molecular flexibility index (Phi) is 4.18. The summed E-state index contributed by atoms with van der Waals surface area (Å²) in [6.07, 6.45) is 6.15. The fraction of sp³-hybridized carbons (Fsp3) is 0.400. The highest BCUT2D eigenvalue weighted by molar-refractivity contribution is 7.13. The molecule has 1 atom stereocenters. The molecule has 5 heteroatoms. The van der Waals surface area contributed by atoms with Crippen LogP contribution in [0.1, 0.15) is 25.0 Å². The molecule has 0 amide bonds. The second-order valence-corrected chi connectivity index (χ2v) is 5.89. The smallest absolute Gasteiger partial charge is 0.142 e. The van der Waals surface area contributed by atoms with Crippen LogP contribution >= 0.6 is 11.3 Å². The first-order valence-corrected chi connectivity index (χ1v) is 7.80. The van der Waals surface area contributed by atoms with Crippen LogP contribution in [0, 0.1) is 0 Å². The molecular formula is C15H17N3OS. The molecule has 0 saturated carbocycles. The minimum absolute atomic E-state index is 0.0590. The Morgan fingerprint density at radius 3 is 3.15 bits per heavy atom. The summed E-state index contributed by atoms with van der Waals surface area (Å²) in [7, 11) is 0. The quantitative estimate of drug-likeness (QED) is 0.811. The third-order valence-corrected chi connectivity index (χ3v) is 4.54. The SMILES string of the molecule is O=CC1CCCCN1Cc1csc(-c2ccccn2)n1. The van der Waals surface area contributed by atoms with Gasteiger partial charge in [0, 0.05) is 18.1 Å². The van der Waals surface area contributed by atoms with Gasteiger partial charge in [0.1, 0.15) is 11.3 Å². The van der Waals surface area contributed by atoms with Crippen molar-refractivity contribution in [1.29, 1.82) is 0 Å². The standard InChI is InChI=1S/C15H17N3OS/c19-10-13-5-2-4-8-18(13)9-12-11-20-15(17-12)14-6-1-3-7-16-14/h1,3,6-7,10-11,13H,2,4-5,8-9H2. The normalized spacial score (nSPS) is 19.9. The number of likely N-dealkylation sites (tertiary alicyclic amines) is 1. The van der Waals surface area contributed by atoms with Gasteiger partial charge in [-0.3, -0.25) is 9.88 Å². The lowest BCUT2D eigenvalue weighted by Gasteiger charge is -2.31. The van der Waals surface area contributed by atoms with Gasteiger partial charge in [0.05, 0.1) is 17.4 Å². The molecular weight excluding hydrogens is 270 g/mol. The van der Waals surface area contributed by atoms with Crippen molar-refractivity contribution < 1.29 is 4.79 Å². The predicted molar refractivity (Wildman–Crippen MR) is 79.5 cm³/mol. The molecule has 0 N–H and O–H groups in total. The van der Waals surface area contributed by atoms with E-state index in [0.29, 0.717) is 0 Å². The molecule has 1 aliphatic heterocycles. The number of nitrogens with zero attached hydrogens (tertiary/aromatic N) is 3. The second-order valence-electron chi connectivity index (χ2n) is 5.03. The molecule has 20 heavy (non-hydrogen) atoms. The summed E-state index contributed by atoms with van der Waals surface area (Å²) in [6.45, 7) is 1.74. The van der Waals surface area contributed by atoms with E-state index in [0.717, 1.165) is 48.6 Å². The number of aromatic nitrogens is 2. The van der Waals surface area contributed by atoms with Crippen LogP contribution in [0.25, 0.3) is 10.7 Å². The van der Waals surface area contributed by atoms with Gasteiger partial charge in [0.2, 0.25) is 0 Å². The van der Waals surface area contributed by atoms with E-state index in [2.05, 4.69) is 20.2 Å². The van der Waals surface area contributed by atoms with Crippen molar-refractivity contribution in [3.63, 3.8) is 0 Å². The predicted octanol–water partition coefficient (Wildman–Crippen LogP) is 2.76. The summed E-state index contributed by atoms with van der Waals surface area (Å²) in [6, 6.07) is 5.90. The number of rotatable bonds is 4. The Labute approximate surface area is 122 Å². The molecule has 104 valence electrons. The lowest BCUT2D eigenvalue weighted by Crippen LogP contribution is -2.39. The lowest BCUT2D eigenvalue weighted by atomic mass is 10.0. The number of piperidine rings is 1. The highest BCUT2D eigenvalue weighted by atomic mass is 32.1. The summed E-state index contributed by atoms with van der Waals surface area (Å²) in [4.78, 5) is 22.3. The molecule has 0 spiro atoms. The van der Waals surface area contributed by atoms with E-state index in [1.165, 1.54) is 6.42 Å². The van der Waals surface area contributed by atoms with Crippen molar-refractivity contribution in [3.8, 4) is 10.7 Å². The molecule has 0 aliphatic carbocycles. The first kappa shape index (κ1) is 13.4. The molecule has 1 aliphatic rings. The van der Waals surface area contributed by atoms with Crippen molar-refractivity contribution in [3.05, 3.63) is 35.5 Å². The van der Waals surface area contributed by atoms with E-state index >= 15 is 0 Å². The molecule has 3 rings (SSSR count). The first-order valence-electron chi connectivity index (χ1n) is 6.92. The molecule has 0 aromatic carbocycles. The van der Waals surface area contributed by atoms with Gasteiger partial charge >= 0.3 is 0 Å². The fourth-order valence-electron chi connectivity index (χ4n) is 2.56. The maximum atomic E-state index is 11.1. The zero-order chi connectivity index (χ0) is 13.8. The van der Waals surface area contributed by atoms with Gasteiger partial charge in [-0.25, -0.2) is 4.98 Å². The molecule has 1 saturated heterocycles. The average molecular weight is 287 g/mol. The Morgan fingerprint density at radius 1 is 1.40 bits per heavy atom. The summed E-state index contributed by atoms with van der Waals surface area (Å²) in [5.74, 6) is 0. The number of carbonyl (C=O) groups excluding carboxylic acids is 1. The molecule has 1 fully saturated rings. The zero-order valence-electron chi connectivity index (χ0n) is 11.2. The average Bonchev–Trinajstić information content (AvgIpc) is 2.97. The molecule has 4 nitrogen and oxygen atoms in total. The molecule has 2 aromatic heterocycles. The fourth-order valence-corrected chi connectivity index (χ4v) is 3.35.